The van der Waals surface area contributed by atoms with Crippen LogP contribution >= 0.6 is 0 Å². The second-order valence-corrected chi connectivity index (χ2v) is 6.63. The van der Waals surface area contributed by atoms with Crippen molar-refractivity contribution in [2.75, 3.05) is 0 Å². The molecular formula is C20H23N. The smallest absolute Gasteiger partial charge is 0.0354 e. The first kappa shape index (κ1) is 13.1. The maximum Gasteiger partial charge on any atom is 0.0354 e. The lowest BCUT2D eigenvalue weighted by molar-refractivity contribution is 0.107. The van der Waals surface area contributed by atoms with Crippen LogP contribution in [0.5, 0.6) is 0 Å². The van der Waals surface area contributed by atoms with Crippen molar-refractivity contribution < 1.29 is 0 Å². The van der Waals surface area contributed by atoms with Crippen LogP contribution in [-0.4, -0.2) is 0 Å². The van der Waals surface area contributed by atoms with E-state index >= 15 is 0 Å². The molecule has 1 N–H and O–H groups in total. The number of benzene rings is 2. The molecule has 2 aliphatic rings. The number of rotatable bonds is 2. The van der Waals surface area contributed by atoms with E-state index < -0.39 is 0 Å². The predicted molar refractivity (Wildman–Crippen MR) is 86.9 cm³/mol. The molecule has 4 atom stereocenters. The maximum absolute atomic E-state index is 3.99. The zero-order valence-electron chi connectivity index (χ0n) is 12.4. The molecule has 2 aromatic carbocycles. The summed E-state index contributed by atoms with van der Waals surface area (Å²) >= 11 is 0. The van der Waals surface area contributed by atoms with Crippen LogP contribution in [-0.2, 0) is 0 Å². The van der Waals surface area contributed by atoms with Gasteiger partial charge in [0, 0.05) is 12.1 Å². The van der Waals surface area contributed by atoms with Crippen LogP contribution in [0.2, 0.25) is 0 Å². The first-order valence-electron chi connectivity index (χ1n) is 8.28. The summed E-state index contributed by atoms with van der Waals surface area (Å²) in [5.41, 5.74) is 2.92. The van der Waals surface area contributed by atoms with E-state index in [0.717, 1.165) is 11.8 Å². The van der Waals surface area contributed by atoms with Gasteiger partial charge in [-0.05, 0) is 42.2 Å². The summed E-state index contributed by atoms with van der Waals surface area (Å²) < 4.78 is 0. The van der Waals surface area contributed by atoms with E-state index in [9.17, 15) is 0 Å². The van der Waals surface area contributed by atoms with E-state index in [-0.39, 0.29) is 0 Å². The van der Waals surface area contributed by atoms with Crippen LogP contribution in [0.3, 0.4) is 0 Å². The van der Waals surface area contributed by atoms with Gasteiger partial charge in [0.2, 0.25) is 0 Å². The quantitative estimate of drug-likeness (QED) is 0.825. The van der Waals surface area contributed by atoms with E-state index in [1.807, 2.05) is 0 Å². The average Bonchev–Trinajstić information content (AvgIpc) is 2.57. The van der Waals surface area contributed by atoms with Crippen LogP contribution in [0, 0.1) is 11.8 Å². The van der Waals surface area contributed by atoms with Crippen molar-refractivity contribution in [2.45, 2.75) is 37.8 Å². The molecule has 0 spiro atoms. The van der Waals surface area contributed by atoms with Crippen molar-refractivity contribution in [3.8, 4) is 0 Å². The lowest BCUT2D eigenvalue weighted by Gasteiger charge is -2.46. The molecule has 1 heteroatoms. The number of hydrogen-bond donors (Lipinski definition) is 1. The predicted octanol–water partition coefficient (Wildman–Crippen LogP) is 4.88. The van der Waals surface area contributed by atoms with Gasteiger partial charge in [0.15, 0.2) is 0 Å². The van der Waals surface area contributed by atoms with Crippen molar-refractivity contribution in [1.29, 1.82) is 0 Å². The number of hydrogen-bond acceptors (Lipinski definition) is 1. The third kappa shape index (κ3) is 2.51. The average molecular weight is 277 g/mol. The highest BCUT2D eigenvalue weighted by Gasteiger charge is 2.39. The van der Waals surface area contributed by atoms with Gasteiger partial charge in [0.05, 0.1) is 0 Å². The summed E-state index contributed by atoms with van der Waals surface area (Å²) in [5, 5.41) is 3.99. The van der Waals surface area contributed by atoms with Gasteiger partial charge in [0.25, 0.3) is 0 Å². The van der Waals surface area contributed by atoms with Gasteiger partial charge in [-0.15, -0.1) is 0 Å². The molecule has 108 valence electrons. The zero-order chi connectivity index (χ0) is 14.1. The Kier molecular flexibility index (Phi) is 3.52. The van der Waals surface area contributed by atoms with Crippen molar-refractivity contribution in [2.24, 2.45) is 11.8 Å². The summed E-state index contributed by atoms with van der Waals surface area (Å²) in [4.78, 5) is 0. The molecule has 2 bridgehead atoms. The normalized spacial score (nSPS) is 31.8. The lowest BCUT2D eigenvalue weighted by Crippen LogP contribution is -2.44. The first-order chi connectivity index (χ1) is 10.4. The van der Waals surface area contributed by atoms with Crippen molar-refractivity contribution >= 4 is 0 Å². The topological polar surface area (TPSA) is 12.0 Å². The summed E-state index contributed by atoms with van der Waals surface area (Å²) in [7, 11) is 0. The minimum atomic E-state index is 0.521. The second-order valence-electron chi connectivity index (χ2n) is 6.63. The summed E-state index contributed by atoms with van der Waals surface area (Å²) in [5.74, 6) is 1.62. The standard InChI is InChI=1S/C20H23N/c1-3-8-15(9-4-1)19-17-12-7-13-18(14-17)20(21-19)16-10-5-2-6-11-16/h1-6,8-11,17-21H,7,12-14H2/t17-,18-,19-,20+/m0/s1. The van der Waals surface area contributed by atoms with Gasteiger partial charge < -0.3 is 5.32 Å². The molecule has 1 saturated heterocycles. The van der Waals surface area contributed by atoms with E-state index in [1.54, 1.807) is 0 Å². The molecule has 21 heavy (non-hydrogen) atoms. The van der Waals surface area contributed by atoms with E-state index in [0.29, 0.717) is 12.1 Å². The van der Waals surface area contributed by atoms with Gasteiger partial charge in [-0.25, -0.2) is 0 Å². The SMILES string of the molecule is c1ccc([C@H]2N[C@@H](c3ccccc3)[C@H]3CCC[C@H]2C3)cc1. The summed E-state index contributed by atoms with van der Waals surface area (Å²) in [6, 6.07) is 23.1. The van der Waals surface area contributed by atoms with Crippen LogP contribution in [0.1, 0.15) is 48.9 Å². The molecule has 1 nitrogen and oxygen atoms in total. The highest BCUT2D eigenvalue weighted by atomic mass is 15.0. The van der Waals surface area contributed by atoms with Crippen molar-refractivity contribution in [1.82, 2.24) is 5.32 Å². The Balaban J connectivity index is 1.66. The third-order valence-corrected chi connectivity index (χ3v) is 5.37. The van der Waals surface area contributed by atoms with Gasteiger partial charge in [0.1, 0.15) is 0 Å². The molecule has 2 fully saturated rings. The molecule has 1 saturated carbocycles. The van der Waals surface area contributed by atoms with Gasteiger partial charge in [-0.3, -0.25) is 0 Å². The molecular weight excluding hydrogens is 254 g/mol. The van der Waals surface area contributed by atoms with E-state index in [4.69, 9.17) is 0 Å². The highest BCUT2D eigenvalue weighted by Crippen LogP contribution is 2.47. The highest BCUT2D eigenvalue weighted by molar-refractivity contribution is 5.26. The van der Waals surface area contributed by atoms with Crippen LogP contribution in [0.25, 0.3) is 0 Å². The Morgan fingerprint density at radius 1 is 0.667 bits per heavy atom. The molecule has 1 aliphatic heterocycles. The van der Waals surface area contributed by atoms with E-state index in [2.05, 4.69) is 66.0 Å². The molecule has 0 amide bonds. The number of nitrogens with one attached hydrogen (secondary N) is 1. The molecule has 1 heterocycles. The Labute approximate surface area is 127 Å². The second kappa shape index (κ2) is 5.65. The number of fused-ring (bicyclic) bond motifs is 2. The summed E-state index contributed by atoms with van der Waals surface area (Å²) in [6.45, 7) is 0. The minimum Gasteiger partial charge on any atom is -0.303 e. The first-order valence-corrected chi connectivity index (χ1v) is 8.28. The van der Waals surface area contributed by atoms with Crippen LogP contribution < -0.4 is 5.32 Å². The van der Waals surface area contributed by atoms with E-state index in [1.165, 1.54) is 36.8 Å². The van der Waals surface area contributed by atoms with Crippen molar-refractivity contribution in [3.05, 3.63) is 71.8 Å². The molecule has 0 aromatic heterocycles. The third-order valence-electron chi connectivity index (χ3n) is 5.37. The monoisotopic (exact) mass is 277 g/mol. The fourth-order valence-electron chi connectivity index (χ4n) is 4.40. The Hall–Kier alpha value is -1.60. The van der Waals surface area contributed by atoms with Crippen LogP contribution in [0.15, 0.2) is 60.7 Å². The molecule has 2 aromatic rings. The largest absolute Gasteiger partial charge is 0.303 e. The van der Waals surface area contributed by atoms with Gasteiger partial charge >= 0.3 is 0 Å². The Morgan fingerprint density at radius 2 is 1.14 bits per heavy atom. The van der Waals surface area contributed by atoms with Gasteiger partial charge in [-0.1, -0.05) is 67.1 Å². The molecule has 0 unspecified atom stereocenters. The number of piperidine rings is 1. The summed E-state index contributed by atoms with van der Waals surface area (Å²) in [6.07, 6.45) is 5.53. The molecule has 1 aliphatic carbocycles. The van der Waals surface area contributed by atoms with Crippen molar-refractivity contribution in [3.63, 3.8) is 0 Å². The Morgan fingerprint density at radius 3 is 1.62 bits per heavy atom. The fraction of sp³-hybridized carbons (Fsp3) is 0.400. The van der Waals surface area contributed by atoms with Gasteiger partial charge in [-0.2, -0.15) is 0 Å². The lowest BCUT2D eigenvalue weighted by atomic mass is 9.68. The fourth-order valence-corrected chi connectivity index (χ4v) is 4.40. The van der Waals surface area contributed by atoms with Crippen LogP contribution in [0.4, 0.5) is 0 Å². The Bertz CT molecular complexity index is 526. The maximum atomic E-state index is 3.99. The zero-order valence-corrected chi connectivity index (χ0v) is 12.4. The minimum absolute atomic E-state index is 0.521. The molecule has 0 radical (unpaired) electrons. The molecule has 4 rings (SSSR count).